The van der Waals surface area contributed by atoms with Gasteiger partial charge in [-0.15, -0.1) is 0 Å². The molecule has 0 aliphatic carbocycles. The van der Waals surface area contributed by atoms with Crippen molar-refractivity contribution in [1.82, 2.24) is 0 Å². The summed E-state index contributed by atoms with van der Waals surface area (Å²) >= 11 is 0. The average molecular weight is 170 g/mol. The van der Waals surface area contributed by atoms with Crippen LogP contribution in [-0.4, -0.2) is 25.2 Å². The van der Waals surface area contributed by atoms with Crippen molar-refractivity contribution in [1.29, 1.82) is 0 Å². The van der Waals surface area contributed by atoms with Gasteiger partial charge >= 0.3 is 11.9 Å². The molecule has 0 aromatic heterocycles. The smallest absolute Gasteiger partial charge is 0.337 e. The van der Waals surface area contributed by atoms with Gasteiger partial charge in [0.05, 0.1) is 12.2 Å². The summed E-state index contributed by atoms with van der Waals surface area (Å²) in [7, 11) is 0. The van der Waals surface area contributed by atoms with E-state index in [4.69, 9.17) is 4.74 Å². The number of hydrogen-bond donors (Lipinski definition) is 0. The molecule has 0 bridgehead atoms. The zero-order valence-corrected chi connectivity index (χ0v) is 6.83. The molecule has 66 valence electrons. The average Bonchev–Trinajstić information content (AvgIpc) is 2.03. The highest BCUT2D eigenvalue weighted by atomic mass is 16.5. The molecule has 12 heavy (non-hydrogen) atoms. The summed E-state index contributed by atoms with van der Waals surface area (Å²) in [6.07, 6.45) is 2.43. The topological polar surface area (TPSA) is 52.6 Å². The van der Waals surface area contributed by atoms with Crippen molar-refractivity contribution >= 4 is 11.9 Å². The van der Waals surface area contributed by atoms with Crippen molar-refractivity contribution in [3.63, 3.8) is 0 Å². The molecule has 0 amide bonds. The molecule has 4 nitrogen and oxygen atoms in total. The Hall–Kier alpha value is -1.32. The quantitative estimate of drug-likeness (QED) is 0.564. The van der Waals surface area contributed by atoms with Crippen LogP contribution in [0.3, 0.4) is 0 Å². The maximum absolute atomic E-state index is 10.9. The molecule has 0 aromatic carbocycles. The van der Waals surface area contributed by atoms with Gasteiger partial charge in [0.1, 0.15) is 6.61 Å². The third kappa shape index (κ3) is 2.38. The van der Waals surface area contributed by atoms with Crippen LogP contribution in [0.15, 0.2) is 11.6 Å². The summed E-state index contributed by atoms with van der Waals surface area (Å²) < 4.78 is 9.37. The van der Waals surface area contributed by atoms with Crippen LogP contribution in [0.4, 0.5) is 0 Å². The number of ether oxygens (including phenoxy) is 2. The normalized spacial score (nSPS) is 16.4. The summed E-state index contributed by atoms with van der Waals surface area (Å²) in [5, 5.41) is 0. The second-order valence-electron chi connectivity index (χ2n) is 2.43. The lowest BCUT2D eigenvalue weighted by molar-refractivity contribution is -0.143. The van der Waals surface area contributed by atoms with Crippen LogP contribution in [0.2, 0.25) is 0 Å². The molecule has 0 saturated carbocycles. The van der Waals surface area contributed by atoms with Crippen LogP contribution < -0.4 is 0 Å². The Morgan fingerprint density at radius 3 is 3.08 bits per heavy atom. The van der Waals surface area contributed by atoms with Gasteiger partial charge in [-0.2, -0.15) is 0 Å². The molecule has 0 spiro atoms. The monoisotopic (exact) mass is 170 g/mol. The first kappa shape index (κ1) is 8.77. The summed E-state index contributed by atoms with van der Waals surface area (Å²) in [6.45, 7) is 1.74. The van der Waals surface area contributed by atoms with Gasteiger partial charge in [0.25, 0.3) is 0 Å². The molecule has 1 heterocycles. The minimum absolute atomic E-state index is 0.0220. The number of esters is 2. The largest absolute Gasteiger partial charge is 0.462 e. The van der Waals surface area contributed by atoms with Gasteiger partial charge in [0.15, 0.2) is 0 Å². The maximum Gasteiger partial charge on any atom is 0.337 e. The van der Waals surface area contributed by atoms with Crippen molar-refractivity contribution in [2.75, 3.05) is 13.2 Å². The fraction of sp³-hybridized carbons (Fsp3) is 0.500. The Morgan fingerprint density at radius 1 is 1.75 bits per heavy atom. The molecule has 0 fully saturated rings. The van der Waals surface area contributed by atoms with Gasteiger partial charge in [0.2, 0.25) is 0 Å². The van der Waals surface area contributed by atoms with Gasteiger partial charge in [-0.25, -0.2) is 4.79 Å². The van der Waals surface area contributed by atoms with E-state index in [2.05, 4.69) is 4.74 Å². The number of carbonyl (C=O) groups is 2. The Labute approximate surface area is 70.1 Å². The van der Waals surface area contributed by atoms with Gasteiger partial charge in [-0.3, -0.25) is 4.79 Å². The fourth-order valence-electron chi connectivity index (χ4n) is 0.858. The zero-order chi connectivity index (χ0) is 8.97. The van der Waals surface area contributed by atoms with E-state index in [1.807, 2.05) is 0 Å². The third-order valence-corrected chi connectivity index (χ3v) is 1.43. The summed E-state index contributed by atoms with van der Waals surface area (Å²) in [6, 6.07) is 0. The lowest BCUT2D eigenvalue weighted by atomic mass is 10.2. The van der Waals surface area contributed by atoms with E-state index in [0.717, 1.165) is 0 Å². The van der Waals surface area contributed by atoms with Gasteiger partial charge in [-0.1, -0.05) is 6.08 Å². The first-order chi connectivity index (χ1) is 5.70. The van der Waals surface area contributed by atoms with Crippen LogP contribution in [0.25, 0.3) is 0 Å². The second-order valence-corrected chi connectivity index (χ2v) is 2.43. The number of rotatable bonds is 2. The van der Waals surface area contributed by atoms with Gasteiger partial charge in [0, 0.05) is 13.3 Å². The Kier molecular flexibility index (Phi) is 2.85. The van der Waals surface area contributed by atoms with Crippen molar-refractivity contribution in [3.8, 4) is 0 Å². The summed E-state index contributed by atoms with van der Waals surface area (Å²) in [5.41, 5.74) is 0.427. The zero-order valence-electron chi connectivity index (χ0n) is 6.83. The van der Waals surface area contributed by atoms with Crippen molar-refractivity contribution in [2.45, 2.75) is 13.3 Å². The van der Waals surface area contributed by atoms with Crippen LogP contribution in [-0.2, 0) is 19.1 Å². The van der Waals surface area contributed by atoms with Crippen LogP contribution >= 0.6 is 0 Å². The van der Waals surface area contributed by atoms with Gasteiger partial charge < -0.3 is 9.47 Å². The van der Waals surface area contributed by atoms with E-state index < -0.39 is 5.97 Å². The lowest BCUT2D eigenvalue weighted by Crippen LogP contribution is -2.18. The highest BCUT2D eigenvalue weighted by Crippen LogP contribution is 2.07. The first-order valence-electron chi connectivity index (χ1n) is 3.69. The van der Waals surface area contributed by atoms with Crippen LogP contribution in [0, 0.1) is 0 Å². The highest BCUT2D eigenvalue weighted by Gasteiger charge is 2.15. The molecule has 0 saturated heterocycles. The number of hydrogen-bond acceptors (Lipinski definition) is 4. The second kappa shape index (κ2) is 3.90. The fourth-order valence-corrected chi connectivity index (χ4v) is 0.858. The molecule has 1 aliphatic heterocycles. The Balaban J connectivity index is 2.44. The molecule has 1 aliphatic rings. The molecule has 4 heteroatoms. The number of cyclic esters (lactones) is 1. The molecule has 0 N–H and O–H groups in total. The predicted octanol–water partition coefficient (Wildman–Crippen LogP) is 0.423. The standard InChI is InChI=1S/C8H10O4/c1-6(9)12-5-7-3-2-4-11-8(7)10/h3H,2,4-5H2,1H3. The number of carbonyl (C=O) groups excluding carboxylic acids is 2. The molecule has 1 rings (SSSR count). The van der Waals surface area contributed by atoms with Crippen molar-refractivity contribution in [3.05, 3.63) is 11.6 Å². The SMILES string of the molecule is CC(=O)OCC1=CCCOC1=O. The molecule has 0 aromatic rings. The maximum atomic E-state index is 10.9. The van der Waals surface area contributed by atoms with Gasteiger partial charge in [-0.05, 0) is 0 Å². The molecule has 0 atom stereocenters. The summed E-state index contributed by atoms with van der Waals surface area (Å²) in [4.78, 5) is 21.3. The van der Waals surface area contributed by atoms with E-state index in [0.29, 0.717) is 18.6 Å². The van der Waals surface area contributed by atoms with Crippen LogP contribution in [0.1, 0.15) is 13.3 Å². The van der Waals surface area contributed by atoms with E-state index in [1.54, 1.807) is 6.08 Å². The third-order valence-electron chi connectivity index (χ3n) is 1.43. The highest BCUT2D eigenvalue weighted by molar-refractivity contribution is 5.89. The van der Waals surface area contributed by atoms with E-state index in [1.165, 1.54) is 6.92 Å². The van der Waals surface area contributed by atoms with Crippen molar-refractivity contribution < 1.29 is 19.1 Å². The van der Waals surface area contributed by atoms with Crippen LogP contribution in [0.5, 0.6) is 0 Å². The first-order valence-corrected chi connectivity index (χ1v) is 3.69. The predicted molar refractivity (Wildman–Crippen MR) is 40.3 cm³/mol. The Morgan fingerprint density at radius 2 is 2.50 bits per heavy atom. The van der Waals surface area contributed by atoms with E-state index in [-0.39, 0.29) is 12.6 Å². The molecular formula is C8H10O4. The minimum atomic E-state index is -0.394. The van der Waals surface area contributed by atoms with Crippen molar-refractivity contribution in [2.24, 2.45) is 0 Å². The molecule has 0 radical (unpaired) electrons. The minimum Gasteiger partial charge on any atom is -0.462 e. The summed E-state index contributed by atoms with van der Waals surface area (Å²) in [5.74, 6) is -0.781. The van der Waals surface area contributed by atoms with E-state index in [9.17, 15) is 9.59 Å². The van der Waals surface area contributed by atoms with E-state index >= 15 is 0 Å². The molecule has 0 unspecified atom stereocenters. The lowest BCUT2D eigenvalue weighted by Gasteiger charge is -2.11. The Bertz CT molecular complexity index is 229. The molecular weight excluding hydrogens is 160 g/mol.